The van der Waals surface area contributed by atoms with Crippen molar-refractivity contribution in [1.82, 2.24) is 10.2 Å². The Kier molecular flexibility index (Phi) is 5.67. The number of halogens is 1. The average Bonchev–Trinajstić information content (AvgIpc) is 2.52. The Bertz CT molecular complexity index is 596. The number of amides is 1. The summed E-state index contributed by atoms with van der Waals surface area (Å²) in [5, 5.41) is 2.92. The molecule has 1 unspecified atom stereocenters. The van der Waals surface area contributed by atoms with Gasteiger partial charge in [-0.1, -0.05) is 30.3 Å². The first kappa shape index (κ1) is 16.2. The number of benzene rings is 2. The van der Waals surface area contributed by atoms with Crippen molar-refractivity contribution < 1.29 is 9.18 Å². The fourth-order valence-corrected chi connectivity index (χ4v) is 2.24. The zero-order valence-electron chi connectivity index (χ0n) is 12.9. The van der Waals surface area contributed by atoms with Crippen molar-refractivity contribution in [1.29, 1.82) is 0 Å². The molecule has 1 atom stereocenters. The number of likely N-dealkylation sites (N-methyl/N-ethyl adjacent to an activating group) is 1. The number of nitrogens with zero attached hydrogens (tertiary/aromatic N) is 1. The number of nitrogens with one attached hydrogen (secondary N) is 1. The van der Waals surface area contributed by atoms with Gasteiger partial charge in [-0.15, -0.1) is 0 Å². The summed E-state index contributed by atoms with van der Waals surface area (Å²) in [6, 6.07) is 16.0. The van der Waals surface area contributed by atoms with Crippen LogP contribution in [0.2, 0.25) is 0 Å². The van der Waals surface area contributed by atoms with Gasteiger partial charge in [0.2, 0.25) is 0 Å². The summed E-state index contributed by atoms with van der Waals surface area (Å²) in [7, 11) is 4.00. The lowest BCUT2D eigenvalue weighted by Gasteiger charge is -2.24. The molecule has 1 N–H and O–H groups in total. The van der Waals surface area contributed by atoms with E-state index >= 15 is 0 Å². The van der Waals surface area contributed by atoms with E-state index in [-0.39, 0.29) is 17.8 Å². The molecule has 4 heteroatoms. The largest absolute Gasteiger partial charge is 0.350 e. The van der Waals surface area contributed by atoms with E-state index < -0.39 is 0 Å². The fourth-order valence-electron chi connectivity index (χ4n) is 2.24. The maximum Gasteiger partial charge on any atom is 0.251 e. The molecular formula is C18H21FN2O. The molecule has 0 fully saturated rings. The number of carbonyl (C=O) groups excluding carboxylic acids is 1. The molecule has 0 heterocycles. The summed E-state index contributed by atoms with van der Waals surface area (Å²) >= 11 is 0. The number of carbonyl (C=O) groups is 1. The van der Waals surface area contributed by atoms with E-state index in [1.165, 1.54) is 29.8 Å². The van der Waals surface area contributed by atoms with E-state index in [1.54, 1.807) is 0 Å². The van der Waals surface area contributed by atoms with Crippen LogP contribution in [0.4, 0.5) is 4.39 Å². The minimum absolute atomic E-state index is 0.181. The van der Waals surface area contributed by atoms with Gasteiger partial charge >= 0.3 is 0 Å². The maximum absolute atomic E-state index is 12.9. The Morgan fingerprint density at radius 1 is 1.09 bits per heavy atom. The summed E-state index contributed by atoms with van der Waals surface area (Å²) in [6.45, 7) is 0.540. The molecular weight excluding hydrogens is 279 g/mol. The van der Waals surface area contributed by atoms with Crippen molar-refractivity contribution in [2.75, 3.05) is 20.6 Å². The molecule has 2 aromatic rings. The Morgan fingerprint density at radius 2 is 1.73 bits per heavy atom. The molecule has 0 aliphatic rings. The van der Waals surface area contributed by atoms with Crippen molar-refractivity contribution in [3.05, 3.63) is 71.5 Å². The van der Waals surface area contributed by atoms with Crippen LogP contribution in [0.5, 0.6) is 0 Å². The highest BCUT2D eigenvalue weighted by atomic mass is 19.1. The molecule has 0 aromatic heterocycles. The van der Waals surface area contributed by atoms with Crippen molar-refractivity contribution in [2.45, 2.75) is 12.5 Å². The lowest BCUT2D eigenvalue weighted by atomic mass is 10.1. The third-order valence-electron chi connectivity index (χ3n) is 3.65. The lowest BCUT2D eigenvalue weighted by Crippen LogP contribution is -2.41. The zero-order chi connectivity index (χ0) is 15.9. The number of hydrogen-bond donors (Lipinski definition) is 1. The maximum atomic E-state index is 12.9. The molecule has 0 saturated carbocycles. The minimum Gasteiger partial charge on any atom is -0.350 e. The first-order valence-electron chi connectivity index (χ1n) is 7.30. The van der Waals surface area contributed by atoms with E-state index in [4.69, 9.17) is 0 Å². The van der Waals surface area contributed by atoms with Gasteiger partial charge in [0.05, 0.1) is 0 Å². The second-order valence-corrected chi connectivity index (χ2v) is 5.52. The van der Waals surface area contributed by atoms with Gasteiger partial charge in [0.15, 0.2) is 0 Å². The van der Waals surface area contributed by atoms with Crippen LogP contribution in [-0.4, -0.2) is 37.5 Å². The third kappa shape index (κ3) is 4.67. The molecule has 0 radical (unpaired) electrons. The topological polar surface area (TPSA) is 32.3 Å². The normalized spacial score (nSPS) is 12.2. The third-order valence-corrected chi connectivity index (χ3v) is 3.65. The highest BCUT2D eigenvalue weighted by Crippen LogP contribution is 2.07. The van der Waals surface area contributed by atoms with Crippen LogP contribution in [0.1, 0.15) is 15.9 Å². The lowest BCUT2D eigenvalue weighted by molar-refractivity contribution is 0.0941. The van der Waals surface area contributed by atoms with Crippen molar-refractivity contribution in [3.63, 3.8) is 0 Å². The van der Waals surface area contributed by atoms with Crippen LogP contribution < -0.4 is 5.32 Å². The summed E-state index contributed by atoms with van der Waals surface area (Å²) in [6.07, 6.45) is 0.859. The summed E-state index contributed by atoms with van der Waals surface area (Å²) in [5.74, 6) is -0.522. The average molecular weight is 300 g/mol. The first-order chi connectivity index (χ1) is 10.6. The Labute approximate surface area is 130 Å². The van der Waals surface area contributed by atoms with Crippen LogP contribution in [-0.2, 0) is 6.42 Å². The predicted molar refractivity (Wildman–Crippen MR) is 86.4 cm³/mol. The van der Waals surface area contributed by atoms with Crippen molar-refractivity contribution >= 4 is 5.91 Å². The van der Waals surface area contributed by atoms with Gasteiger partial charge in [-0.25, -0.2) is 4.39 Å². The van der Waals surface area contributed by atoms with Gasteiger partial charge in [-0.05, 0) is 50.3 Å². The SMILES string of the molecule is CN(C)C(CNC(=O)c1ccc(F)cc1)Cc1ccccc1. The smallest absolute Gasteiger partial charge is 0.251 e. The molecule has 0 saturated heterocycles. The molecule has 2 rings (SSSR count). The number of hydrogen-bond acceptors (Lipinski definition) is 2. The van der Waals surface area contributed by atoms with Gasteiger partial charge in [-0.2, -0.15) is 0 Å². The Morgan fingerprint density at radius 3 is 2.32 bits per heavy atom. The van der Waals surface area contributed by atoms with Crippen molar-refractivity contribution in [3.8, 4) is 0 Å². The van der Waals surface area contributed by atoms with E-state index in [0.29, 0.717) is 12.1 Å². The van der Waals surface area contributed by atoms with E-state index in [2.05, 4.69) is 22.3 Å². The molecule has 0 aliphatic heterocycles. The minimum atomic E-state index is -0.341. The van der Waals surface area contributed by atoms with Crippen LogP contribution in [0, 0.1) is 5.82 Å². The van der Waals surface area contributed by atoms with Gasteiger partial charge in [-0.3, -0.25) is 4.79 Å². The van der Waals surface area contributed by atoms with Crippen molar-refractivity contribution in [2.24, 2.45) is 0 Å². The Hall–Kier alpha value is -2.20. The molecule has 0 bridgehead atoms. The fraction of sp³-hybridized carbons (Fsp3) is 0.278. The molecule has 2 aromatic carbocycles. The highest BCUT2D eigenvalue weighted by Gasteiger charge is 2.14. The first-order valence-corrected chi connectivity index (χ1v) is 7.30. The molecule has 22 heavy (non-hydrogen) atoms. The number of rotatable bonds is 6. The predicted octanol–water partition coefficient (Wildman–Crippen LogP) is 2.73. The summed E-state index contributed by atoms with van der Waals surface area (Å²) in [4.78, 5) is 14.2. The molecule has 3 nitrogen and oxygen atoms in total. The molecule has 116 valence electrons. The molecule has 0 aliphatic carbocycles. The van der Waals surface area contributed by atoms with E-state index in [0.717, 1.165) is 6.42 Å². The van der Waals surface area contributed by atoms with E-state index in [1.807, 2.05) is 32.3 Å². The highest BCUT2D eigenvalue weighted by molar-refractivity contribution is 5.94. The molecule has 1 amide bonds. The van der Waals surface area contributed by atoms with Crippen LogP contribution in [0.25, 0.3) is 0 Å². The Balaban J connectivity index is 1.94. The quantitative estimate of drug-likeness (QED) is 0.889. The van der Waals surface area contributed by atoms with Gasteiger partial charge in [0.25, 0.3) is 5.91 Å². The second-order valence-electron chi connectivity index (χ2n) is 5.52. The van der Waals surface area contributed by atoms with Crippen LogP contribution in [0.15, 0.2) is 54.6 Å². The molecule has 0 spiro atoms. The standard InChI is InChI=1S/C18H21FN2O/c1-21(2)17(12-14-6-4-3-5-7-14)13-20-18(22)15-8-10-16(19)11-9-15/h3-11,17H,12-13H2,1-2H3,(H,20,22). The monoisotopic (exact) mass is 300 g/mol. The van der Waals surface area contributed by atoms with Gasteiger partial charge < -0.3 is 10.2 Å². The van der Waals surface area contributed by atoms with Gasteiger partial charge in [0, 0.05) is 18.2 Å². The van der Waals surface area contributed by atoms with Crippen LogP contribution >= 0.6 is 0 Å². The zero-order valence-corrected chi connectivity index (χ0v) is 12.9. The van der Waals surface area contributed by atoms with E-state index in [9.17, 15) is 9.18 Å². The van der Waals surface area contributed by atoms with Gasteiger partial charge in [0.1, 0.15) is 5.82 Å². The summed E-state index contributed by atoms with van der Waals surface area (Å²) in [5.41, 5.74) is 1.70. The van der Waals surface area contributed by atoms with Crippen LogP contribution in [0.3, 0.4) is 0 Å². The second kappa shape index (κ2) is 7.71. The summed E-state index contributed by atoms with van der Waals surface area (Å²) < 4.78 is 12.9.